The smallest absolute Gasteiger partial charge is 0.130 e. The molecule has 1 aromatic heterocycles. The minimum absolute atomic E-state index is 0.238. The molecule has 2 nitrogen and oxygen atoms in total. The summed E-state index contributed by atoms with van der Waals surface area (Å²) >= 11 is 0. The van der Waals surface area contributed by atoms with Crippen molar-refractivity contribution in [1.82, 2.24) is 0 Å². The highest BCUT2D eigenvalue weighted by molar-refractivity contribution is 5.55. The summed E-state index contributed by atoms with van der Waals surface area (Å²) in [5.74, 6) is 1.55. The standard InChI is InChI=1S/C18H17NO/c1-2-8-15(9-3-1)19-13-14-7-4-5-10-16(14)18(19)17-11-6-12-20-17/h1-4,6-12,14,18H,5,13H2/t14-,18+/m1/s1. The fourth-order valence-corrected chi connectivity index (χ4v) is 3.33. The molecule has 1 saturated heterocycles. The molecule has 1 aliphatic carbocycles. The lowest BCUT2D eigenvalue weighted by Gasteiger charge is -2.25. The Bertz CT molecular complexity index is 639. The second-order valence-electron chi connectivity index (χ2n) is 5.38. The third-order valence-corrected chi connectivity index (χ3v) is 4.21. The van der Waals surface area contributed by atoms with Crippen LogP contribution in [0.1, 0.15) is 18.2 Å². The minimum atomic E-state index is 0.238. The van der Waals surface area contributed by atoms with Gasteiger partial charge in [-0.05, 0) is 36.3 Å². The van der Waals surface area contributed by atoms with E-state index in [2.05, 4.69) is 59.5 Å². The first-order valence-corrected chi connectivity index (χ1v) is 7.15. The molecule has 2 heteroatoms. The monoisotopic (exact) mass is 263 g/mol. The van der Waals surface area contributed by atoms with Crippen LogP contribution < -0.4 is 4.90 Å². The number of furan rings is 1. The predicted octanol–water partition coefficient (Wildman–Crippen LogP) is 4.34. The van der Waals surface area contributed by atoms with E-state index in [0.717, 1.165) is 18.7 Å². The second kappa shape index (κ2) is 4.71. The maximum atomic E-state index is 5.71. The van der Waals surface area contributed by atoms with E-state index in [1.807, 2.05) is 6.07 Å². The summed E-state index contributed by atoms with van der Waals surface area (Å²) in [6.07, 6.45) is 9.77. The van der Waals surface area contributed by atoms with E-state index in [-0.39, 0.29) is 6.04 Å². The number of para-hydroxylation sites is 1. The molecule has 100 valence electrons. The number of hydrogen-bond donors (Lipinski definition) is 0. The van der Waals surface area contributed by atoms with Gasteiger partial charge in [0.15, 0.2) is 0 Å². The summed E-state index contributed by atoms with van der Waals surface area (Å²) in [5.41, 5.74) is 2.74. The molecule has 0 spiro atoms. The van der Waals surface area contributed by atoms with Gasteiger partial charge in [-0.2, -0.15) is 0 Å². The first kappa shape index (κ1) is 11.6. The number of benzene rings is 1. The van der Waals surface area contributed by atoms with Gasteiger partial charge in [-0.1, -0.05) is 36.4 Å². The van der Waals surface area contributed by atoms with Crippen molar-refractivity contribution in [2.45, 2.75) is 12.5 Å². The van der Waals surface area contributed by atoms with Crippen LogP contribution in [0.4, 0.5) is 5.69 Å². The van der Waals surface area contributed by atoms with Gasteiger partial charge in [0.1, 0.15) is 11.8 Å². The van der Waals surface area contributed by atoms with Crippen LogP contribution in [0.3, 0.4) is 0 Å². The van der Waals surface area contributed by atoms with Gasteiger partial charge in [-0.25, -0.2) is 0 Å². The number of hydrogen-bond acceptors (Lipinski definition) is 2. The molecule has 0 N–H and O–H groups in total. The van der Waals surface area contributed by atoms with Crippen LogP contribution in [0, 0.1) is 5.92 Å². The third-order valence-electron chi connectivity index (χ3n) is 4.21. The Balaban J connectivity index is 1.79. The molecule has 2 aromatic rings. The SMILES string of the molecule is C1=C[C@@H]2CN(c3ccccc3)[C@H](c3ccco3)C2=CC1. The Kier molecular flexibility index (Phi) is 2.73. The molecule has 0 amide bonds. The van der Waals surface area contributed by atoms with Crippen LogP contribution >= 0.6 is 0 Å². The Hall–Kier alpha value is -2.22. The molecular weight excluding hydrogens is 246 g/mol. The van der Waals surface area contributed by atoms with Crippen molar-refractivity contribution in [1.29, 1.82) is 0 Å². The number of nitrogens with zero attached hydrogens (tertiary/aromatic N) is 1. The van der Waals surface area contributed by atoms with Crippen LogP contribution in [0.5, 0.6) is 0 Å². The largest absolute Gasteiger partial charge is 0.467 e. The van der Waals surface area contributed by atoms with Crippen LogP contribution in [0.2, 0.25) is 0 Å². The van der Waals surface area contributed by atoms with E-state index in [4.69, 9.17) is 4.42 Å². The number of fused-ring (bicyclic) bond motifs is 1. The van der Waals surface area contributed by atoms with E-state index in [0.29, 0.717) is 5.92 Å². The van der Waals surface area contributed by atoms with E-state index in [9.17, 15) is 0 Å². The van der Waals surface area contributed by atoms with Crippen molar-refractivity contribution in [3.8, 4) is 0 Å². The molecule has 0 saturated carbocycles. The van der Waals surface area contributed by atoms with Gasteiger partial charge in [0.25, 0.3) is 0 Å². The molecule has 2 heterocycles. The summed E-state index contributed by atoms with van der Waals surface area (Å²) in [6, 6.07) is 14.9. The fourth-order valence-electron chi connectivity index (χ4n) is 3.33. The topological polar surface area (TPSA) is 16.4 Å². The lowest BCUT2D eigenvalue weighted by molar-refractivity contribution is 0.486. The van der Waals surface area contributed by atoms with Crippen LogP contribution in [0.25, 0.3) is 0 Å². The molecule has 1 fully saturated rings. The van der Waals surface area contributed by atoms with Gasteiger partial charge < -0.3 is 9.32 Å². The molecule has 4 rings (SSSR count). The summed E-state index contributed by atoms with van der Waals surface area (Å²) < 4.78 is 5.71. The lowest BCUT2D eigenvalue weighted by Crippen LogP contribution is -2.23. The summed E-state index contributed by atoms with van der Waals surface area (Å²) in [5, 5.41) is 0. The second-order valence-corrected chi connectivity index (χ2v) is 5.38. The average molecular weight is 263 g/mol. The van der Waals surface area contributed by atoms with Crippen molar-refractivity contribution < 1.29 is 4.42 Å². The maximum Gasteiger partial charge on any atom is 0.130 e. The molecule has 0 unspecified atom stereocenters. The predicted molar refractivity (Wildman–Crippen MR) is 80.6 cm³/mol. The third kappa shape index (κ3) is 1.80. The van der Waals surface area contributed by atoms with E-state index < -0.39 is 0 Å². The first-order chi connectivity index (χ1) is 9.93. The zero-order chi connectivity index (χ0) is 13.4. The molecule has 0 bridgehead atoms. The molecule has 20 heavy (non-hydrogen) atoms. The van der Waals surface area contributed by atoms with Gasteiger partial charge in [0.05, 0.1) is 6.26 Å². The van der Waals surface area contributed by atoms with Crippen molar-refractivity contribution in [3.63, 3.8) is 0 Å². The quantitative estimate of drug-likeness (QED) is 0.749. The van der Waals surface area contributed by atoms with Crippen molar-refractivity contribution in [2.75, 3.05) is 11.4 Å². The molecular formula is C18H17NO. The Morgan fingerprint density at radius 3 is 2.75 bits per heavy atom. The highest BCUT2D eigenvalue weighted by Gasteiger charge is 2.38. The normalized spacial score (nSPS) is 24.6. The number of anilines is 1. The fraction of sp³-hybridized carbons (Fsp3) is 0.222. The van der Waals surface area contributed by atoms with E-state index >= 15 is 0 Å². The van der Waals surface area contributed by atoms with E-state index in [1.54, 1.807) is 6.26 Å². The van der Waals surface area contributed by atoms with Gasteiger partial charge >= 0.3 is 0 Å². The summed E-state index contributed by atoms with van der Waals surface area (Å²) in [7, 11) is 0. The Labute approximate surface area is 119 Å². The van der Waals surface area contributed by atoms with Crippen molar-refractivity contribution >= 4 is 5.69 Å². The zero-order valence-electron chi connectivity index (χ0n) is 11.3. The average Bonchev–Trinajstić information content (AvgIpc) is 3.14. The Morgan fingerprint density at radius 2 is 1.95 bits per heavy atom. The summed E-state index contributed by atoms with van der Waals surface area (Å²) in [4.78, 5) is 2.45. The highest BCUT2D eigenvalue weighted by atomic mass is 16.3. The first-order valence-electron chi connectivity index (χ1n) is 7.15. The Morgan fingerprint density at radius 1 is 1.05 bits per heavy atom. The van der Waals surface area contributed by atoms with Gasteiger partial charge in [0, 0.05) is 18.2 Å². The summed E-state index contributed by atoms with van der Waals surface area (Å²) in [6.45, 7) is 1.03. The van der Waals surface area contributed by atoms with Gasteiger partial charge in [-0.3, -0.25) is 0 Å². The van der Waals surface area contributed by atoms with Gasteiger partial charge in [0.2, 0.25) is 0 Å². The molecule has 2 atom stereocenters. The lowest BCUT2D eigenvalue weighted by atomic mass is 9.91. The maximum absolute atomic E-state index is 5.71. The van der Waals surface area contributed by atoms with Crippen LogP contribution in [0.15, 0.2) is 76.9 Å². The number of allylic oxidation sites excluding steroid dienone is 2. The molecule has 1 aromatic carbocycles. The van der Waals surface area contributed by atoms with Crippen molar-refractivity contribution in [2.24, 2.45) is 5.92 Å². The highest BCUT2D eigenvalue weighted by Crippen LogP contribution is 2.45. The minimum Gasteiger partial charge on any atom is -0.467 e. The van der Waals surface area contributed by atoms with E-state index in [1.165, 1.54) is 11.3 Å². The molecule has 1 aliphatic heterocycles. The zero-order valence-corrected chi connectivity index (χ0v) is 11.3. The van der Waals surface area contributed by atoms with Gasteiger partial charge in [-0.15, -0.1) is 0 Å². The van der Waals surface area contributed by atoms with Crippen molar-refractivity contribution in [3.05, 3.63) is 78.3 Å². The van der Waals surface area contributed by atoms with Crippen LogP contribution in [-0.2, 0) is 0 Å². The number of rotatable bonds is 2. The van der Waals surface area contributed by atoms with Crippen LogP contribution in [-0.4, -0.2) is 6.54 Å². The molecule has 0 radical (unpaired) electrons. The molecule has 2 aliphatic rings.